The lowest BCUT2D eigenvalue weighted by Gasteiger charge is -2.25. The topological polar surface area (TPSA) is 47.6 Å². The molecule has 0 saturated carbocycles. The number of methoxy groups -OCH3 is 1. The second kappa shape index (κ2) is 8.93. The van der Waals surface area contributed by atoms with Gasteiger partial charge in [0.2, 0.25) is 5.91 Å². The normalized spacial score (nSPS) is 16.5. The van der Waals surface area contributed by atoms with Gasteiger partial charge in [0.1, 0.15) is 18.1 Å². The standard InChI is InChI=1S/C17H25NO3S/c1-3-8-22-9-4-7-18-17(19)14-10-13-11-15(20-2)5-6-16(13)21-12-14/h5-6,11,14H,3-4,7-10,12H2,1-2H3,(H,18,19)/t14-/m0/s1. The van der Waals surface area contributed by atoms with Crippen LogP contribution in [0.4, 0.5) is 0 Å². The van der Waals surface area contributed by atoms with E-state index in [0.717, 1.165) is 35.8 Å². The molecule has 0 radical (unpaired) electrons. The van der Waals surface area contributed by atoms with Crippen LogP contribution in [0.2, 0.25) is 0 Å². The highest BCUT2D eigenvalue weighted by Crippen LogP contribution is 2.30. The first-order chi connectivity index (χ1) is 10.7. The SMILES string of the molecule is CCCSCCCNC(=O)[C@@H]1COc2ccc(OC)cc2C1. The molecule has 2 rings (SSSR count). The fourth-order valence-electron chi connectivity index (χ4n) is 2.44. The average Bonchev–Trinajstić information content (AvgIpc) is 2.56. The molecule has 1 amide bonds. The van der Waals surface area contributed by atoms with Crippen LogP contribution in [0.25, 0.3) is 0 Å². The molecule has 0 spiro atoms. The summed E-state index contributed by atoms with van der Waals surface area (Å²) < 4.78 is 10.9. The monoisotopic (exact) mass is 323 g/mol. The molecule has 0 aliphatic carbocycles. The van der Waals surface area contributed by atoms with E-state index in [1.165, 1.54) is 12.2 Å². The Balaban J connectivity index is 1.77. The second-order valence-corrected chi connectivity index (χ2v) is 6.67. The Labute approximate surface area is 137 Å². The van der Waals surface area contributed by atoms with Gasteiger partial charge in [0, 0.05) is 6.54 Å². The number of benzene rings is 1. The van der Waals surface area contributed by atoms with Gasteiger partial charge in [-0.1, -0.05) is 6.92 Å². The van der Waals surface area contributed by atoms with Gasteiger partial charge in [-0.3, -0.25) is 4.79 Å². The van der Waals surface area contributed by atoms with Crippen molar-refractivity contribution in [3.8, 4) is 11.5 Å². The minimum atomic E-state index is -0.108. The predicted molar refractivity (Wildman–Crippen MR) is 90.9 cm³/mol. The summed E-state index contributed by atoms with van der Waals surface area (Å²) in [5.41, 5.74) is 1.05. The third kappa shape index (κ3) is 4.83. The largest absolute Gasteiger partial charge is 0.497 e. The summed E-state index contributed by atoms with van der Waals surface area (Å²) in [7, 11) is 1.64. The summed E-state index contributed by atoms with van der Waals surface area (Å²) in [4.78, 5) is 12.2. The zero-order valence-electron chi connectivity index (χ0n) is 13.4. The lowest BCUT2D eigenvalue weighted by molar-refractivity contribution is -0.126. The van der Waals surface area contributed by atoms with Crippen molar-refractivity contribution in [2.45, 2.75) is 26.2 Å². The van der Waals surface area contributed by atoms with E-state index in [2.05, 4.69) is 12.2 Å². The first kappa shape index (κ1) is 17.0. The Morgan fingerprint density at radius 1 is 1.45 bits per heavy atom. The van der Waals surface area contributed by atoms with E-state index >= 15 is 0 Å². The maximum absolute atomic E-state index is 12.2. The van der Waals surface area contributed by atoms with Gasteiger partial charge in [-0.2, -0.15) is 11.8 Å². The maximum atomic E-state index is 12.2. The molecule has 1 atom stereocenters. The van der Waals surface area contributed by atoms with Crippen LogP contribution in [0.5, 0.6) is 11.5 Å². The fraction of sp³-hybridized carbons (Fsp3) is 0.588. The Morgan fingerprint density at radius 2 is 2.32 bits per heavy atom. The summed E-state index contributed by atoms with van der Waals surface area (Å²) in [6.45, 7) is 3.39. The van der Waals surface area contributed by atoms with E-state index in [0.29, 0.717) is 13.0 Å². The molecule has 4 nitrogen and oxygen atoms in total. The van der Waals surface area contributed by atoms with Crippen LogP contribution in [0.3, 0.4) is 0 Å². The highest BCUT2D eigenvalue weighted by Gasteiger charge is 2.26. The number of carbonyl (C=O) groups excluding carboxylic acids is 1. The van der Waals surface area contributed by atoms with Gasteiger partial charge in [-0.25, -0.2) is 0 Å². The van der Waals surface area contributed by atoms with Gasteiger partial charge in [-0.05, 0) is 54.5 Å². The van der Waals surface area contributed by atoms with Crippen LogP contribution >= 0.6 is 11.8 Å². The number of hydrogen-bond acceptors (Lipinski definition) is 4. The van der Waals surface area contributed by atoms with Crippen LogP contribution in [0, 0.1) is 5.92 Å². The molecule has 0 fully saturated rings. The van der Waals surface area contributed by atoms with Crippen molar-refractivity contribution in [1.82, 2.24) is 5.32 Å². The van der Waals surface area contributed by atoms with Crippen LogP contribution < -0.4 is 14.8 Å². The Morgan fingerprint density at radius 3 is 3.09 bits per heavy atom. The van der Waals surface area contributed by atoms with Crippen molar-refractivity contribution in [1.29, 1.82) is 0 Å². The summed E-state index contributed by atoms with van der Waals surface area (Å²) in [6, 6.07) is 5.75. The van der Waals surface area contributed by atoms with Crippen LogP contribution in [0.1, 0.15) is 25.3 Å². The average molecular weight is 323 g/mol. The third-order valence-electron chi connectivity index (χ3n) is 3.66. The van der Waals surface area contributed by atoms with E-state index in [9.17, 15) is 4.79 Å². The lowest BCUT2D eigenvalue weighted by atomic mass is 9.96. The molecule has 0 bridgehead atoms. The zero-order chi connectivity index (χ0) is 15.8. The smallest absolute Gasteiger partial charge is 0.226 e. The Bertz CT molecular complexity index is 493. The van der Waals surface area contributed by atoms with Crippen LogP contribution in [0.15, 0.2) is 18.2 Å². The number of thioether (sulfide) groups is 1. The molecule has 0 aromatic heterocycles. The van der Waals surface area contributed by atoms with Crippen molar-refractivity contribution in [2.24, 2.45) is 5.92 Å². The molecule has 0 saturated heterocycles. The second-order valence-electron chi connectivity index (χ2n) is 5.44. The number of hydrogen-bond donors (Lipinski definition) is 1. The fourth-order valence-corrected chi connectivity index (χ4v) is 3.28. The molecule has 1 heterocycles. The third-order valence-corrected chi connectivity index (χ3v) is 4.93. The minimum Gasteiger partial charge on any atom is -0.497 e. The van der Waals surface area contributed by atoms with Crippen molar-refractivity contribution in [2.75, 3.05) is 31.8 Å². The first-order valence-electron chi connectivity index (χ1n) is 7.89. The lowest BCUT2D eigenvalue weighted by Crippen LogP contribution is -2.37. The first-order valence-corrected chi connectivity index (χ1v) is 9.05. The van der Waals surface area contributed by atoms with Crippen molar-refractivity contribution >= 4 is 17.7 Å². The molecule has 1 N–H and O–H groups in total. The molecule has 1 aliphatic rings. The van der Waals surface area contributed by atoms with Gasteiger partial charge >= 0.3 is 0 Å². The van der Waals surface area contributed by atoms with Gasteiger partial charge < -0.3 is 14.8 Å². The predicted octanol–water partition coefficient (Wildman–Crippen LogP) is 2.90. The number of carbonyl (C=O) groups is 1. The molecular formula is C17H25NO3S. The molecule has 1 aromatic carbocycles. The number of nitrogens with one attached hydrogen (secondary N) is 1. The zero-order valence-corrected chi connectivity index (χ0v) is 14.2. The molecule has 122 valence electrons. The number of rotatable bonds is 8. The summed E-state index contributed by atoms with van der Waals surface area (Å²) in [5.74, 6) is 3.95. The molecule has 22 heavy (non-hydrogen) atoms. The summed E-state index contributed by atoms with van der Waals surface area (Å²) >= 11 is 1.95. The molecule has 1 aliphatic heterocycles. The molecule has 0 unspecified atom stereocenters. The van der Waals surface area contributed by atoms with Gasteiger partial charge in [0.15, 0.2) is 0 Å². The summed E-state index contributed by atoms with van der Waals surface area (Å²) in [5, 5.41) is 3.03. The van der Waals surface area contributed by atoms with Crippen molar-refractivity contribution in [3.63, 3.8) is 0 Å². The van der Waals surface area contributed by atoms with Crippen LogP contribution in [-0.2, 0) is 11.2 Å². The molecule has 1 aromatic rings. The molecular weight excluding hydrogens is 298 g/mol. The van der Waals surface area contributed by atoms with E-state index in [-0.39, 0.29) is 11.8 Å². The quantitative estimate of drug-likeness (QED) is 0.747. The highest BCUT2D eigenvalue weighted by atomic mass is 32.2. The van der Waals surface area contributed by atoms with Gasteiger partial charge in [-0.15, -0.1) is 0 Å². The van der Waals surface area contributed by atoms with E-state index in [1.807, 2.05) is 30.0 Å². The van der Waals surface area contributed by atoms with E-state index < -0.39 is 0 Å². The number of amides is 1. The number of ether oxygens (including phenoxy) is 2. The van der Waals surface area contributed by atoms with Crippen LogP contribution in [-0.4, -0.2) is 37.7 Å². The van der Waals surface area contributed by atoms with E-state index in [1.54, 1.807) is 7.11 Å². The number of fused-ring (bicyclic) bond motifs is 1. The Kier molecular flexibility index (Phi) is 6.90. The molecule has 5 heteroatoms. The maximum Gasteiger partial charge on any atom is 0.226 e. The van der Waals surface area contributed by atoms with Crippen molar-refractivity contribution < 1.29 is 14.3 Å². The van der Waals surface area contributed by atoms with Gasteiger partial charge in [0.25, 0.3) is 0 Å². The van der Waals surface area contributed by atoms with E-state index in [4.69, 9.17) is 9.47 Å². The highest BCUT2D eigenvalue weighted by molar-refractivity contribution is 7.99. The van der Waals surface area contributed by atoms with Gasteiger partial charge in [0.05, 0.1) is 13.0 Å². The summed E-state index contributed by atoms with van der Waals surface area (Å²) in [6.07, 6.45) is 2.94. The van der Waals surface area contributed by atoms with Crippen molar-refractivity contribution in [3.05, 3.63) is 23.8 Å². The minimum absolute atomic E-state index is 0.0916. The Hall–Kier alpha value is -1.36.